The molecule has 0 saturated heterocycles. The normalized spacial score (nSPS) is 13.1. The van der Waals surface area contributed by atoms with Gasteiger partial charge in [0.15, 0.2) is 5.13 Å². The van der Waals surface area contributed by atoms with E-state index >= 15 is 0 Å². The minimum Gasteiger partial charge on any atom is -0.497 e. The van der Waals surface area contributed by atoms with E-state index in [-0.39, 0.29) is 12.3 Å². The van der Waals surface area contributed by atoms with Crippen molar-refractivity contribution in [3.05, 3.63) is 40.5 Å². The van der Waals surface area contributed by atoms with Gasteiger partial charge in [0.25, 0.3) is 0 Å². The molecule has 2 N–H and O–H groups in total. The number of ether oxygens (including phenoxy) is 2. The number of hydrogen-bond donors (Lipinski definition) is 2. The molecule has 0 spiro atoms. The van der Waals surface area contributed by atoms with Crippen LogP contribution in [0.2, 0.25) is 0 Å². The predicted octanol–water partition coefficient (Wildman–Crippen LogP) is 3.61. The largest absolute Gasteiger partial charge is 0.497 e. The lowest BCUT2D eigenvalue weighted by Crippen LogP contribution is -2.16. The van der Waals surface area contributed by atoms with E-state index in [1.807, 2.05) is 23.6 Å². The van der Waals surface area contributed by atoms with Crippen LogP contribution in [-0.4, -0.2) is 35.3 Å². The fourth-order valence-corrected chi connectivity index (χ4v) is 4.21. The summed E-state index contributed by atoms with van der Waals surface area (Å²) in [5.74, 6) is 1.31. The molecule has 0 atom stereocenters. The van der Waals surface area contributed by atoms with Gasteiger partial charge in [0.1, 0.15) is 11.5 Å². The Morgan fingerprint density at radius 2 is 2.11 bits per heavy atom. The van der Waals surface area contributed by atoms with E-state index in [0.717, 1.165) is 42.0 Å². The number of carbonyl (C=O) groups is 1. The Hall–Kier alpha value is -2.87. The Morgan fingerprint density at radius 3 is 2.93 bits per heavy atom. The van der Waals surface area contributed by atoms with Gasteiger partial charge in [0.2, 0.25) is 5.91 Å². The standard InChI is InChI=1S/C20H22N4O3S/c1-26-12-7-8-18(27-2)14(9-12)17-11-28-20(21-17)22-19(25)10-16-13-5-3-4-6-15(13)23-24-16/h7-9,11H,3-6,10H2,1-2H3,(H,23,24)(H,21,22,25). The highest BCUT2D eigenvalue weighted by Crippen LogP contribution is 2.35. The second-order valence-corrected chi connectivity index (χ2v) is 7.52. The highest BCUT2D eigenvalue weighted by Gasteiger charge is 2.19. The summed E-state index contributed by atoms with van der Waals surface area (Å²) in [5.41, 5.74) is 4.78. The van der Waals surface area contributed by atoms with Crippen molar-refractivity contribution < 1.29 is 14.3 Å². The van der Waals surface area contributed by atoms with Crippen LogP contribution in [0.5, 0.6) is 11.5 Å². The maximum atomic E-state index is 12.5. The van der Waals surface area contributed by atoms with E-state index in [1.54, 1.807) is 14.2 Å². The van der Waals surface area contributed by atoms with Gasteiger partial charge < -0.3 is 14.8 Å². The predicted molar refractivity (Wildman–Crippen MR) is 108 cm³/mol. The number of aryl methyl sites for hydroxylation is 1. The Balaban J connectivity index is 1.48. The first kappa shape index (κ1) is 18.5. The summed E-state index contributed by atoms with van der Waals surface area (Å²) in [4.78, 5) is 17.0. The lowest BCUT2D eigenvalue weighted by atomic mass is 9.95. The highest BCUT2D eigenvalue weighted by atomic mass is 32.1. The van der Waals surface area contributed by atoms with Crippen LogP contribution in [0.15, 0.2) is 23.6 Å². The van der Waals surface area contributed by atoms with E-state index in [2.05, 4.69) is 20.5 Å². The van der Waals surface area contributed by atoms with Crippen molar-refractivity contribution in [2.24, 2.45) is 0 Å². The molecule has 1 aliphatic rings. The topological polar surface area (TPSA) is 89.1 Å². The average molecular weight is 398 g/mol. The van der Waals surface area contributed by atoms with Crippen LogP contribution in [0.3, 0.4) is 0 Å². The summed E-state index contributed by atoms with van der Waals surface area (Å²) in [6.07, 6.45) is 4.59. The number of methoxy groups -OCH3 is 2. The molecule has 2 heterocycles. The summed E-state index contributed by atoms with van der Waals surface area (Å²) in [6, 6.07) is 5.55. The number of fused-ring (bicyclic) bond motifs is 1. The van der Waals surface area contributed by atoms with Crippen LogP contribution >= 0.6 is 11.3 Å². The molecule has 0 aliphatic heterocycles. The van der Waals surface area contributed by atoms with Crippen molar-refractivity contribution in [3.8, 4) is 22.8 Å². The molecule has 1 aliphatic carbocycles. The van der Waals surface area contributed by atoms with Crippen LogP contribution in [0.1, 0.15) is 29.8 Å². The molecule has 1 amide bonds. The monoisotopic (exact) mass is 398 g/mol. The zero-order valence-electron chi connectivity index (χ0n) is 15.9. The van der Waals surface area contributed by atoms with Crippen molar-refractivity contribution in [2.45, 2.75) is 32.1 Å². The number of thiazole rings is 1. The summed E-state index contributed by atoms with van der Waals surface area (Å²) < 4.78 is 10.7. The molecule has 0 bridgehead atoms. The van der Waals surface area contributed by atoms with Gasteiger partial charge in [-0.3, -0.25) is 9.89 Å². The third kappa shape index (κ3) is 3.73. The van der Waals surface area contributed by atoms with E-state index in [9.17, 15) is 4.79 Å². The number of hydrogen-bond acceptors (Lipinski definition) is 6. The second-order valence-electron chi connectivity index (χ2n) is 6.66. The minimum atomic E-state index is -0.113. The van der Waals surface area contributed by atoms with Gasteiger partial charge in [-0.05, 0) is 49.4 Å². The second kappa shape index (κ2) is 8.02. The minimum absolute atomic E-state index is 0.113. The number of aromatic amines is 1. The Morgan fingerprint density at radius 1 is 1.25 bits per heavy atom. The van der Waals surface area contributed by atoms with Gasteiger partial charge >= 0.3 is 0 Å². The summed E-state index contributed by atoms with van der Waals surface area (Å²) in [6.45, 7) is 0. The van der Waals surface area contributed by atoms with E-state index in [1.165, 1.54) is 29.0 Å². The van der Waals surface area contributed by atoms with Crippen LogP contribution in [0, 0.1) is 0 Å². The molecule has 0 unspecified atom stereocenters. The first-order chi connectivity index (χ1) is 13.7. The number of benzene rings is 1. The van der Waals surface area contributed by atoms with Crippen molar-refractivity contribution in [1.82, 2.24) is 15.2 Å². The Kier molecular flexibility index (Phi) is 5.29. The maximum Gasteiger partial charge on any atom is 0.232 e. The number of aromatic nitrogens is 3. The van der Waals surface area contributed by atoms with Crippen molar-refractivity contribution >= 4 is 22.4 Å². The number of carbonyl (C=O) groups excluding carboxylic acids is 1. The smallest absolute Gasteiger partial charge is 0.232 e. The maximum absolute atomic E-state index is 12.5. The molecule has 1 aromatic carbocycles. The Labute approximate surface area is 167 Å². The van der Waals surface area contributed by atoms with Gasteiger partial charge in [-0.15, -0.1) is 11.3 Å². The third-order valence-electron chi connectivity index (χ3n) is 4.90. The molecule has 146 valence electrons. The van der Waals surface area contributed by atoms with Gasteiger partial charge in [-0.1, -0.05) is 0 Å². The van der Waals surface area contributed by atoms with E-state index in [0.29, 0.717) is 10.9 Å². The third-order valence-corrected chi connectivity index (χ3v) is 5.66. The molecule has 0 radical (unpaired) electrons. The van der Waals surface area contributed by atoms with E-state index in [4.69, 9.17) is 9.47 Å². The Bertz CT molecular complexity index is 995. The zero-order valence-corrected chi connectivity index (χ0v) is 16.7. The first-order valence-electron chi connectivity index (χ1n) is 9.20. The van der Waals surface area contributed by atoms with Gasteiger partial charge in [0, 0.05) is 16.6 Å². The molecular formula is C20H22N4O3S. The van der Waals surface area contributed by atoms with Crippen molar-refractivity contribution in [3.63, 3.8) is 0 Å². The SMILES string of the molecule is COc1ccc(OC)c(-c2csc(NC(=O)Cc3n[nH]c4c3CCCC4)n2)c1. The number of anilines is 1. The molecule has 0 saturated carbocycles. The molecule has 3 aromatic rings. The summed E-state index contributed by atoms with van der Waals surface area (Å²) in [7, 11) is 3.23. The highest BCUT2D eigenvalue weighted by molar-refractivity contribution is 7.14. The van der Waals surface area contributed by atoms with Gasteiger partial charge in [-0.2, -0.15) is 5.10 Å². The fourth-order valence-electron chi connectivity index (χ4n) is 3.48. The van der Waals surface area contributed by atoms with Crippen LogP contribution < -0.4 is 14.8 Å². The zero-order chi connectivity index (χ0) is 19.5. The molecule has 2 aromatic heterocycles. The van der Waals surface area contributed by atoms with Crippen molar-refractivity contribution in [1.29, 1.82) is 0 Å². The fraction of sp³-hybridized carbons (Fsp3) is 0.350. The molecule has 28 heavy (non-hydrogen) atoms. The summed E-state index contributed by atoms with van der Waals surface area (Å²) in [5, 5.41) is 12.7. The molecule has 0 fully saturated rings. The first-order valence-corrected chi connectivity index (χ1v) is 10.1. The van der Waals surface area contributed by atoms with Crippen LogP contribution in [-0.2, 0) is 24.1 Å². The number of H-pyrrole nitrogens is 1. The number of amides is 1. The summed E-state index contributed by atoms with van der Waals surface area (Å²) >= 11 is 1.38. The van der Waals surface area contributed by atoms with Crippen LogP contribution in [0.25, 0.3) is 11.3 Å². The number of nitrogens with one attached hydrogen (secondary N) is 2. The lowest BCUT2D eigenvalue weighted by molar-refractivity contribution is -0.115. The molecule has 7 nitrogen and oxygen atoms in total. The van der Waals surface area contributed by atoms with Crippen molar-refractivity contribution in [2.75, 3.05) is 19.5 Å². The quantitative estimate of drug-likeness (QED) is 0.662. The van der Waals surface area contributed by atoms with Crippen LogP contribution in [0.4, 0.5) is 5.13 Å². The van der Waals surface area contributed by atoms with Gasteiger partial charge in [-0.25, -0.2) is 4.98 Å². The number of rotatable bonds is 6. The van der Waals surface area contributed by atoms with E-state index < -0.39 is 0 Å². The number of nitrogens with zero attached hydrogens (tertiary/aromatic N) is 2. The molecule has 4 rings (SSSR count). The molecular weight excluding hydrogens is 376 g/mol. The van der Waals surface area contributed by atoms with Gasteiger partial charge in [0.05, 0.1) is 32.0 Å². The molecule has 8 heteroatoms. The lowest BCUT2D eigenvalue weighted by Gasteiger charge is -2.10. The average Bonchev–Trinajstić information content (AvgIpc) is 3.35.